The predicted molar refractivity (Wildman–Crippen MR) is 78.2 cm³/mol. The van der Waals surface area contributed by atoms with Crippen LogP contribution in [0.2, 0.25) is 0 Å². The Balaban J connectivity index is 2.54. The Hall–Kier alpha value is -1.88. The second-order valence-corrected chi connectivity index (χ2v) is 4.04. The molecule has 0 unspecified atom stereocenters. The SMILES string of the molecule is CN(C)c1ccc(/C=C/C=N\NC(N)=S)cc1. The van der Waals surface area contributed by atoms with Crippen LogP contribution in [-0.2, 0) is 0 Å². The van der Waals surface area contributed by atoms with Crippen LogP contribution in [0.1, 0.15) is 5.56 Å². The quantitative estimate of drug-likeness (QED) is 0.482. The van der Waals surface area contributed by atoms with E-state index in [1.54, 1.807) is 6.21 Å². The van der Waals surface area contributed by atoms with Gasteiger partial charge in [0.05, 0.1) is 0 Å². The molecule has 3 N–H and O–H groups in total. The summed E-state index contributed by atoms with van der Waals surface area (Å²) in [6.45, 7) is 0. The van der Waals surface area contributed by atoms with E-state index in [0.717, 1.165) is 5.56 Å². The summed E-state index contributed by atoms with van der Waals surface area (Å²) in [4.78, 5) is 2.06. The second-order valence-electron chi connectivity index (χ2n) is 3.60. The fourth-order valence-electron chi connectivity index (χ4n) is 1.18. The number of hydrogen-bond donors (Lipinski definition) is 2. The van der Waals surface area contributed by atoms with Crippen molar-refractivity contribution in [1.29, 1.82) is 0 Å². The topological polar surface area (TPSA) is 53.6 Å². The highest BCUT2D eigenvalue weighted by atomic mass is 32.1. The zero-order chi connectivity index (χ0) is 12.7. The Morgan fingerprint density at radius 3 is 2.53 bits per heavy atom. The number of hydrogen-bond acceptors (Lipinski definition) is 3. The van der Waals surface area contributed by atoms with Gasteiger partial charge < -0.3 is 10.6 Å². The van der Waals surface area contributed by atoms with Crippen LogP contribution in [0.3, 0.4) is 0 Å². The zero-order valence-electron chi connectivity index (χ0n) is 9.92. The Labute approximate surface area is 107 Å². The fourth-order valence-corrected chi connectivity index (χ4v) is 1.23. The highest BCUT2D eigenvalue weighted by Crippen LogP contribution is 2.12. The largest absolute Gasteiger partial charge is 0.378 e. The van der Waals surface area contributed by atoms with Gasteiger partial charge in [-0.05, 0) is 36.0 Å². The van der Waals surface area contributed by atoms with Gasteiger partial charge in [-0.15, -0.1) is 0 Å². The maximum Gasteiger partial charge on any atom is 0.184 e. The number of nitrogens with two attached hydrogens (primary N) is 1. The van der Waals surface area contributed by atoms with Crippen LogP contribution in [0.4, 0.5) is 5.69 Å². The molecule has 0 saturated carbocycles. The summed E-state index contributed by atoms with van der Waals surface area (Å²) in [6, 6.07) is 8.20. The maximum atomic E-state index is 5.21. The van der Waals surface area contributed by atoms with E-state index in [-0.39, 0.29) is 5.11 Å². The van der Waals surface area contributed by atoms with Gasteiger partial charge in [0.1, 0.15) is 0 Å². The van der Waals surface area contributed by atoms with Crippen molar-refractivity contribution in [1.82, 2.24) is 5.43 Å². The third-order valence-corrected chi connectivity index (χ3v) is 2.12. The lowest BCUT2D eigenvalue weighted by molar-refractivity contribution is 1.04. The lowest BCUT2D eigenvalue weighted by Gasteiger charge is -2.11. The van der Waals surface area contributed by atoms with E-state index in [1.807, 2.05) is 38.4 Å². The van der Waals surface area contributed by atoms with Crippen LogP contribution >= 0.6 is 12.2 Å². The molecule has 0 aliphatic carbocycles. The van der Waals surface area contributed by atoms with E-state index in [4.69, 9.17) is 5.73 Å². The summed E-state index contributed by atoms with van der Waals surface area (Å²) < 4.78 is 0. The molecule has 5 heteroatoms. The average Bonchev–Trinajstić information content (AvgIpc) is 2.29. The first-order valence-corrected chi connectivity index (χ1v) is 5.53. The normalized spacial score (nSPS) is 10.9. The van der Waals surface area contributed by atoms with Gasteiger partial charge in [-0.25, -0.2) is 0 Å². The molecule has 0 atom stereocenters. The van der Waals surface area contributed by atoms with Gasteiger partial charge in [-0.2, -0.15) is 5.10 Å². The highest BCUT2D eigenvalue weighted by molar-refractivity contribution is 7.80. The minimum absolute atomic E-state index is 0.157. The molecule has 4 nitrogen and oxygen atoms in total. The molecule has 1 aromatic rings. The van der Waals surface area contributed by atoms with Crippen LogP contribution in [0.5, 0.6) is 0 Å². The zero-order valence-corrected chi connectivity index (χ0v) is 10.7. The van der Waals surface area contributed by atoms with Gasteiger partial charge in [0.2, 0.25) is 0 Å². The molecule has 17 heavy (non-hydrogen) atoms. The van der Waals surface area contributed by atoms with Gasteiger partial charge >= 0.3 is 0 Å². The number of hydrazone groups is 1. The molecule has 0 aliphatic rings. The van der Waals surface area contributed by atoms with Crippen molar-refractivity contribution in [2.45, 2.75) is 0 Å². The minimum Gasteiger partial charge on any atom is -0.378 e. The molecule has 0 radical (unpaired) electrons. The summed E-state index contributed by atoms with van der Waals surface area (Å²) in [5.74, 6) is 0. The summed E-state index contributed by atoms with van der Waals surface area (Å²) >= 11 is 4.60. The molecule has 0 heterocycles. The molecule has 0 spiro atoms. The van der Waals surface area contributed by atoms with Crippen molar-refractivity contribution in [3.63, 3.8) is 0 Å². The Morgan fingerprint density at radius 1 is 1.35 bits per heavy atom. The smallest absolute Gasteiger partial charge is 0.184 e. The Kier molecular flexibility index (Phi) is 5.16. The van der Waals surface area contributed by atoms with E-state index in [2.05, 4.69) is 39.8 Å². The predicted octanol–water partition coefficient (Wildman–Crippen LogP) is 1.58. The van der Waals surface area contributed by atoms with Crippen LogP contribution in [0.15, 0.2) is 35.4 Å². The van der Waals surface area contributed by atoms with Gasteiger partial charge in [-0.3, -0.25) is 5.43 Å². The van der Waals surface area contributed by atoms with E-state index in [0.29, 0.717) is 0 Å². The molecular weight excluding hydrogens is 232 g/mol. The molecule has 0 bridgehead atoms. The number of anilines is 1. The van der Waals surface area contributed by atoms with Crippen molar-refractivity contribution in [3.05, 3.63) is 35.9 Å². The number of rotatable bonds is 4. The highest BCUT2D eigenvalue weighted by Gasteiger charge is 1.92. The Morgan fingerprint density at radius 2 is 2.00 bits per heavy atom. The lowest BCUT2D eigenvalue weighted by Crippen LogP contribution is -2.23. The molecule has 0 amide bonds. The Bertz CT molecular complexity index is 421. The van der Waals surface area contributed by atoms with Gasteiger partial charge in [-0.1, -0.05) is 18.2 Å². The van der Waals surface area contributed by atoms with Gasteiger partial charge in [0.25, 0.3) is 0 Å². The first-order chi connectivity index (χ1) is 8.09. The molecule has 0 saturated heterocycles. The number of nitrogens with zero attached hydrogens (tertiary/aromatic N) is 2. The van der Waals surface area contributed by atoms with Crippen molar-refractivity contribution in [2.75, 3.05) is 19.0 Å². The van der Waals surface area contributed by atoms with Crippen LogP contribution in [0.25, 0.3) is 6.08 Å². The molecule has 1 aromatic carbocycles. The molecule has 0 aliphatic heterocycles. The molecule has 1 rings (SSSR count). The first-order valence-electron chi connectivity index (χ1n) is 5.12. The second kappa shape index (κ2) is 6.65. The van der Waals surface area contributed by atoms with E-state index < -0.39 is 0 Å². The van der Waals surface area contributed by atoms with E-state index in [9.17, 15) is 0 Å². The first kappa shape index (κ1) is 13.2. The van der Waals surface area contributed by atoms with Crippen molar-refractivity contribution in [3.8, 4) is 0 Å². The van der Waals surface area contributed by atoms with Gasteiger partial charge in [0.15, 0.2) is 5.11 Å². The van der Waals surface area contributed by atoms with Crippen LogP contribution in [0, 0.1) is 0 Å². The lowest BCUT2D eigenvalue weighted by atomic mass is 10.2. The number of thiocarbonyl (C=S) groups is 1. The monoisotopic (exact) mass is 248 g/mol. The van der Waals surface area contributed by atoms with Gasteiger partial charge in [0, 0.05) is 26.0 Å². The van der Waals surface area contributed by atoms with Crippen molar-refractivity contribution >= 4 is 35.3 Å². The molecule has 0 aromatic heterocycles. The van der Waals surface area contributed by atoms with Crippen molar-refractivity contribution in [2.24, 2.45) is 10.8 Å². The molecule has 0 fully saturated rings. The maximum absolute atomic E-state index is 5.21. The summed E-state index contributed by atoms with van der Waals surface area (Å²) in [5, 5.41) is 3.95. The van der Waals surface area contributed by atoms with E-state index in [1.165, 1.54) is 5.69 Å². The summed E-state index contributed by atoms with van der Waals surface area (Å²) in [6.07, 6.45) is 5.36. The summed E-state index contributed by atoms with van der Waals surface area (Å²) in [5.41, 5.74) is 9.97. The van der Waals surface area contributed by atoms with Crippen LogP contribution < -0.4 is 16.1 Å². The van der Waals surface area contributed by atoms with Crippen LogP contribution in [-0.4, -0.2) is 25.4 Å². The van der Waals surface area contributed by atoms with Crippen molar-refractivity contribution < 1.29 is 0 Å². The average molecular weight is 248 g/mol. The summed E-state index contributed by atoms with van der Waals surface area (Å²) in [7, 11) is 4.03. The third-order valence-electron chi connectivity index (χ3n) is 2.03. The molecular formula is C12H16N4S. The number of benzene rings is 1. The fraction of sp³-hybridized carbons (Fsp3) is 0.167. The number of nitrogens with one attached hydrogen (secondary N) is 1. The molecule has 90 valence electrons. The standard InChI is InChI=1S/C12H16N4S/c1-16(2)11-7-5-10(6-8-11)4-3-9-14-15-12(13)17/h3-9H,1-2H3,(H3,13,15,17)/b4-3+,14-9-. The third kappa shape index (κ3) is 5.12. The minimum atomic E-state index is 0.157. The number of allylic oxidation sites excluding steroid dienone is 1. The van der Waals surface area contributed by atoms with E-state index >= 15 is 0 Å².